The van der Waals surface area contributed by atoms with Crippen molar-refractivity contribution in [2.45, 2.75) is 40.2 Å². The number of amides is 1. The Balaban J connectivity index is 2.19. The van der Waals surface area contributed by atoms with Crippen molar-refractivity contribution in [3.05, 3.63) is 58.7 Å². The molecule has 2 aromatic carbocycles. The van der Waals surface area contributed by atoms with Gasteiger partial charge in [-0.05, 0) is 62.1 Å². The summed E-state index contributed by atoms with van der Waals surface area (Å²) in [7, 11) is 1.32. The number of nitrogens with one attached hydrogen (secondary N) is 1. The third-order valence-electron chi connectivity index (χ3n) is 4.40. The quantitative estimate of drug-likeness (QED) is 0.789. The van der Waals surface area contributed by atoms with E-state index < -0.39 is 12.1 Å². The van der Waals surface area contributed by atoms with Gasteiger partial charge in [-0.3, -0.25) is 4.79 Å². The van der Waals surface area contributed by atoms with Gasteiger partial charge in [-0.2, -0.15) is 0 Å². The molecule has 2 aromatic rings. The van der Waals surface area contributed by atoms with Crippen molar-refractivity contribution in [3.8, 4) is 5.75 Å². The van der Waals surface area contributed by atoms with Gasteiger partial charge in [0.05, 0.1) is 12.7 Å². The lowest BCUT2D eigenvalue weighted by molar-refractivity contribution is -0.122. The summed E-state index contributed by atoms with van der Waals surface area (Å²) in [5.41, 5.74) is 3.94. The van der Waals surface area contributed by atoms with Crippen LogP contribution >= 0.6 is 0 Å². The van der Waals surface area contributed by atoms with E-state index in [4.69, 9.17) is 9.47 Å². The second kappa shape index (κ2) is 8.52. The summed E-state index contributed by atoms with van der Waals surface area (Å²) in [6, 6.07) is 10.8. The number of anilines is 1. The number of hydrogen-bond donors (Lipinski definition) is 1. The van der Waals surface area contributed by atoms with E-state index in [0.717, 1.165) is 16.7 Å². The molecule has 0 aliphatic rings. The lowest BCUT2D eigenvalue weighted by atomic mass is 10.1. The number of benzene rings is 2. The van der Waals surface area contributed by atoms with E-state index in [1.165, 1.54) is 7.11 Å². The Morgan fingerprint density at radius 2 is 1.81 bits per heavy atom. The van der Waals surface area contributed by atoms with Crippen molar-refractivity contribution in [2.24, 2.45) is 0 Å². The van der Waals surface area contributed by atoms with Crippen LogP contribution in [0.15, 0.2) is 36.4 Å². The molecule has 0 fully saturated rings. The van der Waals surface area contributed by atoms with Crippen molar-refractivity contribution in [2.75, 3.05) is 12.4 Å². The second-order valence-electron chi connectivity index (χ2n) is 6.22. The Morgan fingerprint density at radius 1 is 1.08 bits per heavy atom. The summed E-state index contributed by atoms with van der Waals surface area (Å²) in [5, 5.41) is 2.86. The van der Waals surface area contributed by atoms with E-state index in [9.17, 15) is 9.59 Å². The van der Waals surface area contributed by atoms with E-state index in [1.54, 1.807) is 18.2 Å². The zero-order valence-electron chi connectivity index (χ0n) is 15.9. The maximum Gasteiger partial charge on any atom is 0.337 e. The Bertz CT molecular complexity index is 814. The smallest absolute Gasteiger partial charge is 0.337 e. The van der Waals surface area contributed by atoms with Gasteiger partial charge in [0.15, 0.2) is 6.10 Å². The van der Waals surface area contributed by atoms with Crippen molar-refractivity contribution < 1.29 is 19.1 Å². The molecule has 0 saturated carbocycles. The molecule has 1 N–H and O–H groups in total. The third-order valence-corrected chi connectivity index (χ3v) is 4.40. The SMILES string of the molecule is CCC(Oc1cccc(C)c1C)C(=O)Nc1cc(C(=O)OC)ccc1C. The molecule has 2 rings (SSSR count). The fourth-order valence-corrected chi connectivity index (χ4v) is 2.54. The largest absolute Gasteiger partial charge is 0.480 e. The van der Waals surface area contributed by atoms with Crippen LogP contribution in [0.1, 0.15) is 40.4 Å². The fraction of sp³-hybridized carbons (Fsp3) is 0.333. The Labute approximate surface area is 154 Å². The number of rotatable bonds is 6. The van der Waals surface area contributed by atoms with Crippen LogP contribution in [0.3, 0.4) is 0 Å². The number of ether oxygens (including phenoxy) is 2. The maximum absolute atomic E-state index is 12.7. The van der Waals surface area contributed by atoms with Gasteiger partial charge in [-0.1, -0.05) is 25.1 Å². The summed E-state index contributed by atoms with van der Waals surface area (Å²) >= 11 is 0. The van der Waals surface area contributed by atoms with Crippen molar-refractivity contribution in [3.63, 3.8) is 0 Å². The fourth-order valence-electron chi connectivity index (χ4n) is 2.54. The lowest BCUT2D eigenvalue weighted by Crippen LogP contribution is -2.33. The van der Waals surface area contributed by atoms with Gasteiger partial charge >= 0.3 is 5.97 Å². The van der Waals surface area contributed by atoms with Gasteiger partial charge < -0.3 is 14.8 Å². The molecule has 1 atom stereocenters. The van der Waals surface area contributed by atoms with E-state index in [2.05, 4.69) is 5.32 Å². The first-order valence-electron chi connectivity index (χ1n) is 8.60. The van der Waals surface area contributed by atoms with Crippen LogP contribution < -0.4 is 10.1 Å². The molecule has 26 heavy (non-hydrogen) atoms. The minimum Gasteiger partial charge on any atom is -0.480 e. The summed E-state index contributed by atoms with van der Waals surface area (Å²) in [5.74, 6) is 0.00438. The topological polar surface area (TPSA) is 64.6 Å². The molecule has 138 valence electrons. The lowest BCUT2D eigenvalue weighted by Gasteiger charge is -2.20. The van der Waals surface area contributed by atoms with E-state index >= 15 is 0 Å². The molecular weight excluding hydrogens is 330 g/mol. The second-order valence-corrected chi connectivity index (χ2v) is 6.22. The van der Waals surface area contributed by atoms with Crippen LogP contribution in [0, 0.1) is 20.8 Å². The molecule has 1 amide bonds. The van der Waals surface area contributed by atoms with Crippen LogP contribution in [-0.4, -0.2) is 25.1 Å². The molecular formula is C21H25NO4. The average Bonchev–Trinajstić information content (AvgIpc) is 2.63. The van der Waals surface area contributed by atoms with Gasteiger partial charge in [-0.25, -0.2) is 4.79 Å². The van der Waals surface area contributed by atoms with Crippen molar-refractivity contribution >= 4 is 17.6 Å². The molecule has 0 radical (unpaired) electrons. The number of carbonyl (C=O) groups excluding carboxylic acids is 2. The third kappa shape index (κ3) is 4.42. The summed E-state index contributed by atoms with van der Waals surface area (Å²) < 4.78 is 10.7. The van der Waals surface area contributed by atoms with E-state index in [1.807, 2.05) is 45.9 Å². The first-order valence-corrected chi connectivity index (χ1v) is 8.60. The average molecular weight is 355 g/mol. The van der Waals surface area contributed by atoms with Crippen LogP contribution in [0.2, 0.25) is 0 Å². The Hall–Kier alpha value is -2.82. The molecule has 0 heterocycles. The molecule has 5 nitrogen and oxygen atoms in total. The molecule has 5 heteroatoms. The standard InChI is InChI=1S/C21H25NO4/c1-6-18(26-19-9-7-8-13(2)15(19)4)20(23)22-17-12-16(21(24)25-5)11-10-14(17)3/h7-12,18H,6H2,1-5H3,(H,22,23). The number of hydrogen-bond acceptors (Lipinski definition) is 4. The van der Waals surface area contributed by atoms with Crippen LogP contribution in [0.25, 0.3) is 0 Å². The number of methoxy groups -OCH3 is 1. The molecule has 0 bridgehead atoms. The highest BCUT2D eigenvalue weighted by atomic mass is 16.5. The minimum absolute atomic E-state index is 0.251. The van der Waals surface area contributed by atoms with Crippen molar-refractivity contribution in [1.82, 2.24) is 0 Å². The van der Waals surface area contributed by atoms with Crippen LogP contribution in [-0.2, 0) is 9.53 Å². The molecule has 0 aromatic heterocycles. The predicted octanol–water partition coefficient (Wildman–Crippen LogP) is 4.19. The number of carbonyl (C=O) groups is 2. The zero-order valence-corrected chi connectivity index (χ0v) is 15.9. The number of aryl methyl sites for hydroxylation is 2. The highest BCUT2D eigenvalue weighted by molar-refractivity contribution is 5.97. The summed E-state index contributed by atoms with van der Waals surface area (Å²) in [6.45, 7) is 7.74. The monoisotopic (exact) mass is 355 g/mol. The molecule has 1 unspecified atom stereocenters. The summed E-state index contributed by atoms with van der Waals surface area (Å²) in [4.78, 5) is 24.4. The van der Waals surface area contributed by atoms with Gasteiger partial charge in [0.25, 0.3) is 5.91 Å². The van der Waals surface area contributed by atoms with Gasteiger partial charge in [-0.15, -0.1) is 0 Å². The zero-order chi connectivity index (χ0) is 19.3. The minimum atomic E-state index is -0.628. The predicted molar refractivity (Wildman–Crippen MR) is 102 cm³/mol. The van der Waals surface area contributed by atoms with Crippen LogP contribution in [0.4, 0.5) is 5.69 Å². The van der Waals surface area contributed by atoms with E-state index in [0.29, 0.717) is 23.4 Å². The van der Waals surface area contributed by atoms with Gasteiger partial charge in [0.1, 0.15) is 5.75 Å². The highest BCUT2D eigenvalue weighted by Gasteiger charge is 2.21. The molecule has 0 aliphatic heterocycles. The van der Waals surface area contributed by atoms with E-state index in [-0.39, 0.29) is 5.91 Å². The highest BCUT2D eigenvalue weighted by Crippen LogP contribution is 2.24. The Kier molecular flexibility index (Phi) is 6.39. The van der Waals surface area contributed by atoms with Gasteiger partial charge in [0, 0.05) is 5.69 Å². The van der Waals surface area contributed by atoms with Gasteiger partial charge in [0.2, 0.25) is 0 Å². The summed E-state index contributed by atoms with van der Waals surface area (Å²) in [6.07, 6.45) is -0.105. The van der Waals surface area contributed by atoms with Crippen LogP contribution in [0.5, 0.6) is 5.75 Å². The first kappa shape index (κ1) is 19.5. The van der Waals surface area contributed by atoms with Crippen molar-refractivity contribution in [1.29, 1.82) is 0 Å². The normalized spacial score (nSPS) is 11.6. The Morgan fingerprint density at radius 3 is 2.46 bits per heavy atom. The molecule has 0 spiro atoms. The number of esters is 1. The first-order chi connectivity index (χ1) is 12.4. The molecule has 0 saturated heterocycles. The maximum atomic E-state index is 12.7. The molecule has 0 aliphatic carbocycles.